The largest absolute Gasteiger partial charge is 0.497 e. The highest BCUT2D eigenvalue weighted by Gasteiger charge is 2.15. The van der Waals surface area contributed by atoms with Crippen molar-refractivity contribution in [3.05, 3.63) is 42.5 Å². The maximum atomic E-state index is 12.8. The zero-order valence-corrected chi connectivity index (χ0v) is 13.5. The van der Waals surface area contributed by atoms with E-state index in [-0.39, 0.29) is 11.6 Å². The van der Waals surface area contributed by atoms with E-state index in [1.54, 1.807) is 19.2 Å². The normalized spacial score (nSPS) is 11.2. The number of hydrogen-bond acceptors (Lipinski definition) is 6. The topological polar surface area (TPSA) is 83.8 Å². The minimum atomic E-state index is -2.63. The molecule has 3 aromatic rings. The van der Waals surface area contributed by atoms with Crippen LogP contribution >= 0.6 is 11.8 Å². The van der Waals surface area contributed by atoms with Gasteiger partial charge in [0.1, 0.15) is 11.6 Å². The molecule has 2 N–H and O–H groups in total. The van der Waals surface area contributed by atoms with Crippen LogP contribution in [0, 0.1) is 0 Å². The minimum absolute atomic E-state index is 0.204. The van der Waals surface area contributed by atoms with Crippen LogP contribution in [0.15, 0.2) is 41.8 Å². The van der Waals surface area contributed by atoms with Crippen LogP contribution in [0.4, 0.5) is 8.78 Å². The van der Waals surface area contributed by atoms with E-state index in [0.717, 1.165) is 15.9 Å². The number of alkyl halides is 2. The smallest absolute Gasteiger partial charge is 0.319 e. The predicted molar refractivity (Wildman–Crippen MR) is 85.2 cm³/mol. The summed E-state index contributed by atoms with van der Waals surface area (Å²) in [4.78, 5) is 3.92. The van der Waals surface area contributed by atoms with E-state index in [2.05, 4.69) is 15.2 Å². The van der Waals surface area contributed by atoms with Crippen LogP contribution < -0.4 is 10.6 Å². The van der Waals surface area contributed by atoms with Crippen molar-refractivity contribution in [2.75, 3.05) is 13.0 Å². The van der Waals surface area contributed by atoms with E-state index in [1.807, 2.05) is 12.1 Å². The van der Waals surface area contributed by atoms with Gasteiger partial charge in [0, 0.05) is 18.0 Å². The van der Waals surface area contributed by atoms with Crippen molar-refractivity contribution in [2.24, 2.45) is 0 Å². The average molecular weight is 352 g/mol. The third-order valence-electron chi connectivity index (χ3n) is 3.30. The number of hydrogen-bond donors (Lipinski definition) is 1. The number of aromatic nitrogens is 5. The molecule has 0 saturated heterocycles. The molecular formula is C14H14F2N6OS. The first-order chi connectivity index (χ1) is 11.6. The second kappa shape index (κ2) is 6.87. The van der Waals surface area contributed by atoms with E-state index in [1.165, 1.54) is 28.8 Å². The molecule has 7 nitrogen and oxygen atoms in total. The van der Waals surface area contributed by atoms with Gasteiger partial charge in [0.25, 0.3) is 0 Å². The lowest BCUT2D eigenvalue weighted by Gasteiger charge is -2.06. The zero-order chi connectivity index (χ0) is 17.1. The summed E-state index contributed by atoms with van der Waals surface area (Å²) < 4.78 is 32.8. The second-order valence-corrected chi connectivity index (χ2v) is 5.66. The van der Waals surface area contributed by atoms with Crippen LogP contribution in [0.1, 0.15) is 12.4 Å². The molecule has 24 heavy (non-hydrogen) atoms. The Morgan fingerprint density at radius 3 is 2.67 bits per heavy atom. The molecule has 3 rings (SSSR count). The number of halogens is 2. The Balaban J connectivity index is 1.76. The highest BCUT2D eigenvalue weighted by atomic mass is 32.2. The van der Waals surface area contributed by atoms with Crippen molar-refractivity contribution >= 4 is 11.8 Å². The maximum absolute atomic E-state index is 12.8. The Morgan fingerprint density at radius 1 is 1.25 bits per heavy atom. The van der Waals surface area contributed by atoms with E-state index >= 15 is 0 Å². The summed E-state index contributed by atoms with van der Waals surface area (Å²) in [6, 6.07) is 7.20. The summed E-state index contributed by atoms with van der Waals surface area (Å²) in [5.74, 6) is 7.64. The second-order valence-electron chi connectivity index (χ2n) is 4.72. The number of ether oxygens (including phenoxy) is 1. The van der Waals surface area contributed by atoms with Crippen molar-refractivity contribution in [3.8, 4) is 17.1 Å². The number of imidazole rings is 1. The lowest BCUT2D eigenvalue weighted by atomic mass is 10.2. The molecule has 0 aliphatic carbocycles. The van der Waals surface area contributed by atoms with E-state index in [0.29, 0.717) is 11.0 Å². The molecule has 126 valence electrons. The van der Waals surface area contributed by atoms with Gasteiger partial charge >= 0.3 is 6.55 Å². The van der Waals surface area contributed by atoms with Gasteiger partial charge in [0.15, 0.2) is 5.82 Å². The third-order valence-corrected chi connectivity index (χ3v) is 4.24. The molecule has 0 aliphatic rings. The summed E-state index contributed by atoms with van der Waals surface area (Å²) in [6.07, 6.45) is 2.56. The Labute approximate surface area is 140 Å². The molecule has 0 aliphatic heterocycles. The molecule has 0 spiro atoms. The molecule has 0 fully saturated rings. The van der Waals surface area contributed by atoms with Gasteiger partial charge in [-0.1, -0.05) is 11.8 Å². The summed E-state index contributed by atoms with van der Waals surface area (Å²) in [5.41, 5.74) is 0.770. The molecule has 2 aromatic heterocycles. The monoisotopic (exact) mass is 352 g/mol. The van der Waals surface area contributed by atoms with E-state index in [9.17, 15) is 8.78 Å². The third kappa shape index (κ3) is 3.18. The highest BCUT2D eigenvalue weighted by molar-refractivity contribution is 7.98. The quantitative estimate of drug-likeness (QED) is 0.542. The molecule has 0 bridgehead atoms. The van der Waals surface area contributed by atoms with Gasteiger partial charge in [-0.2, -0.15) is 8.78 Å². The SMILES string of the molecule is COc1ccc(-c2nnc(SCc3nccn3C(F)F)n2N)cc1. The Hall–Kier alpha value is -2.62. The molecule has 2 heterocycles. The summed E-state index contributed by atoms with van der Waals surface area (Å²) >= 11 is 1.18. The summed E-state index contributed by atoms with van der Waals surface area (Å²) in [6.45, 7) is -2.63. The number of nitrogen functional groups attached to an aromatic ring is 1. The first-order valence-corrected chi connectivity index (χ1v) is 7.86. The van der Waals surface area contributed by atoms with Gasteiger partial charge in [-0.05, 0) is 24.3 Å². The van der Waals surface area contributed by atoms with Gasteiger partial charge in [0.2, 0.25) is 5.16 Å². The molecule has 0 radical (unpaired) electrons. The maximum Gasteiger partial charge on any atom is 0.319 e. The summed E-state index contributed by atoms with van der Waals surface area (Å²) in [7, 11) is 1.58. The van der Waals surface area contributed by atoms with Crippen LogP contribution in [0.2, 0.25) is 0 Å². The van der Waals surface area contributed by atoms with Gasteiger partial charge in [-0.15, -0.1) is 10.2 Å². The predicted octanol–water partition coefficient (Wildman–Crippen LogP) is 2.55. The van der Waals surface area contributed by atoms with Crippen molar-refractivity contribution < 1.29 is 13.5 Å². The molecular weight excluding hydrogens is 338 g/mol. The standard InChI is InChI=1S/C14H14F2N6OS/c1-23-10-4-2-9(3-5-10)12-19-20-14(22(12)17)24-8-11-18-6-7-21(11)13(15)16/h2-7,13H,8,17H2,1H3. The zero-order valence-electron chi connectivity index (χ0n) is 12.6. The molecule has 10 heteroatoms. The molecule has 0 unspecified atom stereocenters. The fourth-order valence-electron chi connectivity index (χ4n) is 2.07. The number of nitrogens with zero attached hydrogens (tertiary/aromatic N) is 5. The Bertz CT molecular complexity index is 817. The number of methoxy groups -OCH3 is 1. The molecule has 0 atom stereocenters. The fraction of sp³-hybridized carbons (Fsp3) is 0.214. The van der Waals surface area contributed by atoms with Gasteiger partial charge < -0.3 is 10.6 Å². The molecule has 1 aromatic carbocycles. The van der Waals surface area contributed by atoms with Gasteiger partial charge in [-0.25, -0.2) is 9.66 Å². The van der Waals surface area contributed by atoms with E-state index in [4.69, 9.17) is 10.6 Å². The van der Waals surface area contributed by atoms with Crippen LogP contribution in [0.25, 0.3) is 11.4 Å². The highest BCUT2D eigenvalue weighted by Crippen LogP contribution is 2.26. The number of thioether (sulfide) groups is 1. The molecule has 0 saturated carbocycles. The first-order valence-electron chi connectivity index (χ1n) is 6.87. The average Bonchev–Trinajstić information content (AvgIpc) is 3.20. The number of nitrogens with two attached hydrogens (primary N) is 1. The van der Waals surface area contributed by atoms with E-state index < -0.39 is 6.55 Å². The van der Waals surface area contributed by atoms with Crippen LogP contribution in [0.3, 0.4) is 0 Å². The van der Waals surface area contributed by atoms with Crippen molar-refractivity contribution in [1.29, 1.82) is 0 Å². The fourth-order valence-corrected chi connectivity index (χ4v) is 2.88. The van der Waals surface area contributed by atoms with Gasteiger partial charge in [-0.3, -0.25) is 4.57 Å². The van der Waals surface area contributed by atoms with Crippen LogP contribution in [-0.2, 0) is 5.75 Å². The van der Waals surface area contributed by atoms with Crippen molar-refractivity contribution in [2.45, 2.75) is 17.5 Å². The minimum Gasteiger partial charge on any atom is -0.497 e. The lowest BCUT2D eigenvalue weighted by molar-refractivity contribution is 0.0678. The Morgan fingerprint density at radius 2 is 2.00 bits per heavy atom. The Kier molecular flexibility index (Phi) is 4.65. The summed E-state index contributed by atoms with van der Waals surface area (Å²) in [5, 5.41) is 8.46. The number of rotatable bonds is 6. The van der Waals surface area contributed by atoms with Crippen LogP contribution in [0.5, 0.6) is 5.75 Å². The number of benzene rings is 1. The first kappa shape index (κ1) is 16.2. The van der Waals surface area contributed by atoms with Crippen molar-refractivity contribution in [3.63, 3.8) is 0 Å². The lowest BCUT2D eigenvalue weighted by Crippen LogP contribution is -2.12. The van der Waals surface area contributed by atoms with Gasteiger partial charge in [0.05, 0.1) is 12.9 Å². The van der Waals surface area contributed by atoms with Crippen LogP contribution in [-0.4, -0.2) is 31.5 Å². The molecule has 0 amide bonds. The van der Waals surface area contributed by atoms with Crippen molar-refractivity contribution in [1.82, 2.24) is 24.4 Å².